The Balaban J connectivity index is 1.57. The van der Waals surface area contributed by atoms with E-state index < -0.39 is 5.97 Å². The van der Waals surface area contributed by atoms with Gasteiger partial charge in [0.05, 0.1) is 0 Å². The number of Topliss-reactive ketones (excluding diaryl/α,β-unsaturated/α-hetero) is 1. The number of esters is 1. The van der Waals surface area contributed by atoms with Gasteiger partial charge in [-0.25, -0.2) is 0 Å². The summed E-state index contributed by atoms with van der Waals surface area (Å²) < 4.78 is 7.02. The highest BCUT2D eigenvalue weighted by molar-refractivity contribution is 6.00. The molecule has 0 saturated carbocycles. The van der Waals surface area contributed by atoms with Crippen molar-refractivity contribution < 1.29 is 19.1 Å². The lowest BCUT2D eigenvalue weighted by molar-refractivity contribution is -0.141. The lowest BCUT2D eigenvalue weighted by Gasteiger charge is -2.10. The van der Waals surface area contributed by atoms with E-state index >= 15 is 0 Å². The lowest BCUT2D eigenvalue weighted by atomic mass is 10.1. The van der Waals surface area contributed by atoms with E-state index in [2.05, 4.69) is 5.32 Å². The van der Waals surface area contributed by atoms with Crippen molar-refractivity contribution in [2.75, 3.05) is 13.2 Å². The molecule has 0 unspecified atom stereocenters. The highest BCUT2D eigenvalue weighted by Crippen LogP contribution is 2.21. The first-order valence-corrected chi connectivity index (χ1v) is 9.24. The van der Waals surface area contributed by atoms with Crippen LogP contribution in [0.3, 0.4) is 0 Å². The molecular formula is C23H22N2O4. The first-order valence-electron chi connectivity index (χ1n) is 9.24. The van der Waals surface area contributed by atoms with Crippen LogP contribution in [-0.4, -0.2) is 35.4 Å². The van der Waals surface area contributed by atoms with Crippen LogP contribution in [0.4, 0.5) is 0 Å². The Morgan fingerprint density at radius 1 is 0.931 bits per heavy atom. The maximum atomic E-state index is 12.5. The third-order valence-electron chi connectivity index (χ3n) is 4.54. The molecule has 0 bridgehead atoms. The molecule has 1 aromatic heterocycles. The molecule has 0 fully saturated rings. The number of aryl methyl sites for hydroxylation is 1. The van der Waals surface area contributed by atoms with Gasteiger partial charge in [0.1, 0.15) is 6.54 Å². The molecule has 0 radical (unpaired) electrons. The predicted molar refractivity (Wildman–Crippen MR) is 109 cm³/mol. The summed E-state index contributed by atoms with van der Waals surface area (Å²) in [5, 5.41) is 2.48. The van der Waals surface area contributed by atoms with Crippen LogP contribution in [0.5, 0.6) is 0 Å². The highest BCUT2D eigenvalue weighted by atomic mass is 16.5. The number of ether oxygens (including phenoxy) is 1. The lowest BCUT2D eigenvalue weighted by Crippen LogP contribution is -2.31. The molecule has 0 spiro atoms. The van der Waals surface area contributed by atoms with Gasteiger partial charge in [0.15, 0.2) is 6.61 Å². The van der Waals surface area contributed by atoms with Crippen LogP contribution in [0.15, 0.2) is 66.7 Å². The standard InChI is InChI=1S/C23H22N2O4/c1-16-13-20(17(2)25(16)19-11-7-4-8-12-19)21(26)15-29-22(27)14-24-23(28)18-9-5-3-6-10-18/h3-13H,14-15H2,1-2H3,(H,24,28). The minimum Gasteiger partial charge on any atom is -0.456 e. The van der Waals surface area contributed by atoms with Gasteiger partial charge in [-0.3, -0.25) is 14.4 Å². The zero-order valence-corrected chi connectivity index (χ0v) is 16.3. The molecule has 148 valence electrons. The van der Waals surface area contributed by atoms with Crippen molar-refractivity contribution in [3.8, 4) is 5.69 Å². The summed E-state index contributed by atoms with van der Waals surface area (Å²) in [7, 11) is 0. The molecule has 1 heterocycles. The molecule has 1 amide bonds. The van der Waals surface area contributed by atoms with Crippen LogP contribution >= 0.6 is 0 Å². The number of aromatic nitrogens is 1. The number of benzene rings is 2. The maximum Gasteiger partial charge on any atom is 0.325 e. The average molecular weight is 390 g/mol. The fourth-order valence-electron chi connectivity index (χ4n) is 3.14. The maximum absolute atomic E-state index is 12.5. The molecule has 0 aliphatic rings. The fraction of sp³-hybridized carbons (Fsp3) is 0.174. The minimum absolute atomic E-state index is 0.289. The zero-order valence-electron chi connectivity index (χ0n) is 16.3. The van der Waals surface area contributed by atoms with Crippen molar-refractivity contribution in [3.63, 3.8) is 0 Å². The number of hydrogen-bond acceptors (Lipinski definition) is 4. The monoisotopic (exact) mass is 390 g/mol. The van der Waals surface area contributed by atoms with Gasteiger partial charge < -0.3 is 14.6 Å². The van der Waals surface area contributed by atoms with Gasteiger partial charge >= 0.3 is 5.97 Å². The van der Waals surface area contributed by atoms with Crippen molar-refractivity contribution in [1.29, 1.82) is 0 Å². The van der Waals surface area contributed by atoms with Crippen LogP contribution in [0.25, 0.3) is 5.69 Å². The van der Waals surface area contributed by atoms with Crippen LogP contribution in [-0.2, 0) is 9.53 Å². The number of amides is 1. The number of carbonyl (C=O) groups excluding carboxylic acids is 3. The molecule has 6 heteroatoms. The molecule has 0 saturated heterocycles. The van der Waals surface area contributed by atoms with Gasteiger partial charge in [-0.1, -0.05) is 36.4 Å². The molecule has 1 N–H and O–H groups in total. The van der Waals surface area contributed by atoms with Crippen LogP contribution in [0.1, 0.15) is 32.1 Å². The Morgan fingerprint density at radius 2 is 1.55 bits per heavy atom. The fourth-order valence-corrected chi connectivity index (χ4v) is 3.14. The second-order valence-corrected chi connectivity index (χ2v) is 6.59. The van der Waals surface area contributed by atoms with E-state index in [0.717, 1.165) is 17.1 Å². The summed E-state index contributed by atoms with van der Waals surface area (Å²) in [6, 6.07) is 20.1. The third-order valence-corrected chi connectivity index (χ3v) is 4.54. The topological polar surface area (TPSA) is 77.4 Å². The van der Waals surface area contributed by atoms with E-state index in [9.17, 15) is 14.4 Å². The predicted octanol–water partition coefficient (Wildman–Crippen LogP) is 3.25. The molecular weight excluding hydrogens is 368 g/mol. The number of nitrogens with one attached hydrogen (secondary N) is 1. The van der Waals surface area contributed by atoms with Gasteiger partial charge in [0, 0.05) is 28.2 Å². The molecule has 0 aliphatic carbocycles. The summed E-state index contributed by atoms with van der Waals surface area (Å²) in [6.45, 7) is 3.10. The molecule has 0 aliphatic heterocycles. The zero-order chi connectivity index (χ0) is 20.8. The quantitative estimate of drug-likeness (QED) is 0.496. The highest BCUT2D eigenvalue weighted by Gasteiger charge is 2.18. The van der Waals surface area contributed by atoms with Crippen molar-refractivity contribution >= 4 is 17.7 Å². The van der Waals surface area contributed by atoms with Crippen LogP contribution < -0.4 is 5.32 Å². The minimum atomic E-state index is -0.667. The van der Waals surface area contributed by atoms with Crippen molar-refractivity contribution in [2.45, 2.75) is 13.8 Å². The van der Waals surface area contributed by atoms with E-state index in [0.29, 0.717) is 11.1 Å². The Morgan fingerprint density at radius 3 is 2.21 bits per heavy atom. The number of rotatable bonds is 7. The average Bonchev–Trinajstić information content (AvgIpc) is 3.05. The summed E-state index contributed by atoms with van der Waals surface area (Å²) in [6.07, 6.45) is 0. The number of ketones is 1. The number of para-hydroxylation sites is 1. The van der Waals surface area contributed by atoms with Crippen molar-refractivity contribution in [1.82, 2.24) is 9.88 Å². The van der Waals surface area contributed by atoms with Crippen molar-refractivity contribution in [2.24, 2.45) is 0 Å². The smallest absolute Gasteiger partial charge is 0.325 e. The first kappa shape index (κ1) is 20.1. The van der Waals surface area contributed by atoms with E-state index in [1.165, 1.54) is 0 Å². The van der Waals surface area contributed by atoms with Gasteiger partial charge in [-0.05, 0) is 44.2 Å². The summed E-state index contributed by atoms with van der Waals surface area (Å²) >= 11 is 0. The number of hydrogen-bond donors (Lipinski definition) is 1. The van der Waals surface area contributed by atoms with Crippen LogP contribution in [0.2, 0.25) is 0 Å². The van der Waals surface area contributed by atoms with E-state index in [1.807, 2.05) is 48.7 Å². The van der Waals surface area contributed by atoms with E-state index in [-0.39, 0.29) is 24.8 Å². The Labute approximate surface area is 169 Å². The normalized spacial score (nSPS) is 10.4. The third kappa shape index (κ3) is 4.79. The first-order chi connectivity index (χ1) is 14.0. The molecule has 3 aromatic rings. The van der Waals surface area contributed by atoms with Crippen molar-refractivity contribution in [3.05, 3.63) is 89.2 Å². The largest absolute Gasteiger partial charge is 0.456 e. The van der Waals surface area contributed by atoms with E-state index in [1.54, 1.807) is 36.4 Å². The SMILES string of the molecule is Cc1cc(C(=O)COC(=O)CNC(=O)c2ccccc2)c(C)n1-c1ccccc1. The molecule has 0 atom stereocenters. The number of carbonyl (C=O) groups is 3. The molecule has 2 aromatic carbocycles. The van der Waals surface area contributed by atoms with Gasteiger partial charge in [-0.15, -0.1) is 0 Å². The van der Waals surface area contributed by atoms with Gasteiger partial charge in [0.2, 0.25) is 5.78 Å². The molecule has 6 nitrogen and oxygen atoms in total. The Bertz CT molecular complexity index is 1020. The van der Waals surface area contributed by atoms with Gasteiger partial charge in [0.25, 0.3) is 5.91 Å². The number of nitrogens with zero attached hydrogens (tertiary/aromatic N) is 1. The second-order valence-electron chi connectivity index (χ2n) is 6.59. The molecule has 29 heavy (non-hydrogen) atoms. The Kier molecular flexibility index (Phi) is 6.24. The van der Waals surface area contributed by atoms with Gasteiger partial charge in [-0.2, -0.15) is 0 Å². The summed E-state index contributed by atoms with van der Waals surface area (Å²) in [5.74, 6) is -1.33. The summed E-state index contributed by atoms with van der Waals surface area (Å²) in [5.41, 5.74) is 3.62. The van der Waals surface area contributed by atoms with E-state index in [4.69, 9.17) is 4.74 Å². The Hall–Kier alpha value is -3.67. The van der Waals surface area contributed by atoms with Crippen LogP contribution in [0, 0.1) is 13.8 Å². The molecule has 3 rings (SSSR count). The summed E-state index contributed by atoms with van der Waals surface area (Å²) in [4.78, 5) is 36.4. The second kappa shape index (κ2) is 9.01.